The number of fused-ring (bicyclic) bond motifs is 1. The predicted molar refractivity (Wildman–Crippen MR) is 107 cm³/mol. The van der Waals surface area contributed by atoms with Crippen LogP contribution in [0.25, 0.3) is 11.0 Å². The molecule has 2 aromatic heterocycles. The average Bonchev–Trinajstić information content (AvgIpc) is 3.01. The molecule has 27 heavy (non-hydrogen) atoms. The first kappa shape index (κ1) is 18.7. The van der Waals surface area contributed by atoms with Gasteiger partial charge in [-0.05, 0) is 26.0 Å². The number of hydrogen-bond donors (Lipinski definition) is 0. The second-order valence-electron chi connectivity index (χ2n) is 6.17. The van der Waals surface area contributed by atoms with Gasteiger partial charge in [-0.15, -0.1) is 20.4 Å². The second kappa shape index (κ2) is 8.53. The first-order valence-corrected chi connectivity index (χ1v) is 9.33. The number of aromatic nitrogens is 3. The highest BCUT2D eigenvalue weighted by molar-refractivity contribution is 5.82. The molecule has 0 fully saturated rings. The molecule has 0 unspecified atom stereocenters. The largest absolute Gasteiger partial charge is 0.309 e. The van der Waals surface area contributed by atoms with Crippen molar-refractivity contribution in [3.63, 3.8) is 0 Å². The molecule has 140 valence electrons. The van der Waals surface area contributed by atoms with Crippen molar-refractivity contribution >= 4 is 22.6 Å². The minimum Gasteiger partial charge on any atom is -0.309 e. The fourth-order valence-electron chi connectivity index (χ4n) is 2.95. The quantitative estimate of drug-likeness (QED) is 0.218. The summed E-state index contributed by atoms with van der Waals surface area (Å²) >= 11 is 0. The molecule has 3 rings (SSSR count). The number of aryl methyl sites for hydroxylation is 3. The molecule has 7 nitrogen and oxygen atoms in total. The molecule has 0 atom stereocenters. The van der Waals surface area contributed by atoms with Gasteiger partial charge in [0, 0.05) is 31.6 Å². The van der Waals surface area contributed by atoms with Crippen molar-refractivity contribution in [1.29, 1.82) is 0 Å². The molecular weight excluding hydrogens is 338 g/mol. The molecule has 0 aliphatic rings. The summed E-state index contributed by atoms with van der Waals surface area (Å²) in [5.41, 5.74) is 3.94. The summed E-state index contributed by atoms with van der Waals surface area (Å²) < 4.78 is 6.30. The zero-order valence-electron chi connectivity index (χ0n) is 16.4. The lowest BCUT2D eigenvalue weighted by atomic mass is 10.3. The van der Waals surface area contributed by atoms with E-state index in [4.69, 9.17) is 0 Å². The number of rotatable bonds is 5. The van der Waals surface area contributed by atoms with Crippen molar-refractivity contribution < 1.29 is 4.57 Å². The number of benzene rings is 1. The maximum absolute atomic E-state index is 4.54. The predicted octanol–water partition coefficient (Wildman–Crippen LogP) is 3.72. The van der Waals surface area contributed by atoms with Gasteiger partial charge in [-0.1, -0.05) is 19.1 Å². The standard InChI is InChI=1S/C20H26N7/c1-5-19(22-21-16-12-14-25(4)15-13-16)23-24-20-26(6-2)17-10-8-9-11-18(17)27(20)7-3/h8-15H,5-7H2,1-4H3/q+1. The van der Waals surface area contributed by atoms with Crippen LogP contribution in [0.3, 0.4) is 0 Å². The monoisotopic (exact) mass is 364 g/mol. The minimum absolute atomic E-state index is 0.596. The summed E-state index contributed by atoms with van der Waals surface area (Å²) in [6.07, 6.45) is 4.53. The number of imidazole rings is 1. The number of pyridine rings is 1. The molecule has 0 spiro atoms. The number of para-hydroxylation sites is 2. The molecule has 3 aromatic rings. The number of hydrogen-bond acceptors (Lipinski definition) is 3. The molecule has 2 heterocycles. The van der Waals surface area contributed by atoms with Gasteiger partial charge in [-0.25, -0.2) is 4.57 Å². The second-order valence-corrected chi connectivity index (χ2v) is 6.17. The van der Waals surface area contributed by atoms with Gasteiger partial charge in [0.25, 0.3) is 0 Å². The molecule has 0 saturated heterocycles. The topological polar surface area (TPSA) is 63.2 Å². The Morgan fingerprint density at radius 3 is 2.04 bits per heavy atom. The Labute approximate surface area is 159 Å². The van der Waals surface area contributed by atoms with Gasteiger partial charge in [0.2, 0.25) is 5.62 Å². The van der Waals surface area contributed by atoms with Crippen molar-refractivity contribution in [2.75, 3.05) is 0 Å². The van der Waals surface area contributed by atoms with Gasteiger partial charge < -0.3 is 9.13 Å². The van der Waals surface area contributed by atoms with Crippen LogP contribution in [0, 0.1) is 0 Å². The van der Waals surface area contributed by atoms with E-state index in [1.165, 1.54) is 0 Å². The Morgan fingerprint density at radius 1 is 0.926 bits per heavy atom. The van der Waals surface area contributed by atoms with Crippen molar-refractivity contribution in [1.82, 2.24) is 9.13 Å². The molecule has 0 saturated carbocycles. The van der Waals surface area contributed by atoms with Crippen LogP contribution in [-0.2, 0) is 20.1 Å². The van der Waals surface area contributed by atoms with Gasteiger partial charge in [0.05, 0.1) is 16.7 Å². The van der Waals surface area contributed by atoms with E-state index in [9.17, 15) is 0 Å². The maximum atomic E-state index is 4.54. The fraction of sp³-hybridized carbons (Fsp3) is 0.350. The lowest BCUT2D eigenvalue weighted by Gasteiger charge is -2.00. The normalized spacial score (nSPS) is 12.2. The third-order valence-corrected chi connectivity index (χ3v) is 4.39. The molecule has 1 aromatic carbocycles. The molecule has 7 heteroatoms. The maximum Gasteiger partial charge on any atom is 0.230 e. The summed E-state index contributed by atoms with van der Waals surface area (Å²) in [5.74, 6) is 0.596. The van der Waals surface area contributed by atoms with Crippen LogP contribution >= 0.6 is 0 Å². The van der Waals surface area contributed by atoms with Crippen molar-refractivity contribution in [2.45, 2.75) is 40.3 Å². The number of nitrogens with zero attached hydrogens (tertiary/aromatic N) is 7. The zero-order valence-corrected chi connectivity index (χ0v) is 16.4. The average molecular weight is 364 g/mol. The molecule has 0 amide bonds. The Kier molecular flexibility index (Phi) is 5.90. The Bertz CT molecular complexity index is 992. The van der Waals surface area contributed by atoms with Crippen molar-refractivity contribution in [2.24, 2.45) is 27.5 Å². The third kappa shape index (κ3) is 4.02. The van der Waals surface area contributed by atoms with Gasteiger partial charge in [-0.2, -0.15) is 0 Å². The van der Waals surface area contributed by atoms with Crippen molar-refractivity contribution in [3.05, 3.63) is 54.4 Å². The van der Waals surface area contributed by atoms with Gasteiger partial charge >= 0.3 is 0 Å². The summed E-state index contributed by atoms with van der Waals surface area (Å²) in [5, 5.41) is 17.5. The van der Waals surface area contributed by atoms with E-state index in [1.54, 1.807) is 0 Å². The summed E-state index contributed by atoms with van der Waals surface area (Å²) in [4.78, 5) is 0. The van der Waals surface area contributed by atoms with Crippen LogP contribution in [0.4, 0.5) is 5.69 Å². The van der Waals surface area contributed by atoms with Crippen LogP contribution in [0.5, 0.6) is 0 Å². The lowest BCUT2D eigenvalue weighted by Crippen LogP contribution is -2.25. The molecule has 0 aliphatic carbocycles. The smallest absolute Gasteiger partial charge is 0.230 e. The van der Waals surface area contributed by atoms with Crippen molar-refractivity contribution in [3.8, 4) is 0 Å². The molecule has 0 aliphatic heterocycles. The van der Waals surface area contributed by atoms with E-state index in [0.29, 0.717) is 12.3 Å². The first-order chi connectivity index (χ1) is 13.2. The van der Waals surface area contributed by atoms with E-state index >= 15 is 0 Å². The third-order valence-electron chi connectivity index (χ3n) is 4.39. The fourth-order valence-corrected chi connectivity index (χ4v) is 2.95. The van der Waals surface area contributed by atoms with E-state index in [-0.39, 0.29) is 0 Å². The minimum atomic E-state index is 0.596. The highest BCUT2D eigenvalue weighted by Gasteiger charge is 2.08. The van der Waals surface area contributed by atoms with Crippen LogP contribution in [0.1, 0.15) is 27.2 Å². The molecule has 0 N–H and O–H groups in total. The highest BCUT2D eigenvalue weighted by atomic mass is 15.3. The summed E-state index contributed by atoms with van der Waals surface area (Å²) in [6, 6.07) is 12.1. The summed E-state index contributed by atoms with van der Waals surface area (Å²) in [7, 11) is 1.97. The van der Waals surface area contributed by atoms with Crippen LogP contribution < -0.4 is 10.2 Å². The molecule has 0 radical (unpaired) electrons. The number of amidine groups is 1. The van der Waals surface area contributed by atoms with Gasteiger partial charge in [-0.3, -0.25) is 0 Å². The SMILES string of the molecule is CCC(N=Nc1cc[n+](C)cc1)=NN=c1n(CC)c2ccccc2n1CC. The van der Waals surface area contributed by atoms with E-state index in [2.05, 4.69) is 55.5 Å². The summed E-state index contributed by atoms with van der Waals surface area (Å²) in [6.45, 7) is 7.88. The molecular formula is C20H26N7+. The molecule has 0 bridgehead atoms. The Hall–Kier alpha value is -3.09. The lowest BCUT2D eigenvalue weighted by molar-refractivity contribution is -0.671. The van der Waals surface area contributed by atoms with Crippen LogP contribution in [0.2, 0.25) is 0 Å². The van der Waals surface area contributed by atoms with E-state index in [0.717, 1.165) is 35.4 Å². The van der Waals surface area contributed by atoms with Crippen LogP contribution in [0.15, 0.2) is 69.2 Å². The Morgan fingerprint density at radius 2 is 1.52 bits per heavy atom. The highest BCUT2D eigenvalue weighted by Crippen LogP contribution is 2.13. The van der Waals surface area contributed by atoms with Crippen LogP contribution in [-0.4, -0.2) is 15.0 Å². The van der Waals surface area contributed by atoms with Gasteiger partial charge in [0.15, 0.2) is 18.2 Å². The number of azo groups is 1. The van der Waals surface area contributed by atoms with E-state index in [1.807, 2.05) is 55.2 Å². The Balaban J connectivity index is 2.02. The first-order valence-electron chi connectivity index (χ1n) is 9.33. The van der Waals surface area contributed by atoms with Gasteiger partial charge in [0.1, 0.15) is 7.05 Å². The van der Waals surface area contributed by atoms with E-state index < -0.39 is 0 Å². The zero-order chi connectivity index (χ0) is 19.2.